The van der Waals surface area contributed by atoms with Crippen molar-refractivity contribution in [1.29, 1.82) is 0 Å². The second kappa shape index (κ2) is 72.8. The molecule has 6 nitrogen and oxygen atoms in total. The van der Waals surface area contributed by atoms with Crippen molar-refractivity contribution in [1.82, 2.24) is 5.32 Å². The summed E-state index contributed by atoms with van der Waals surface area (Å²) in [5, 5.41) is 23.1. The first-order valence-electron chi connectivity index (χ1n) is 38.1. The van der Waals surface area contributed by atoms with Crippen LogP contribution in [0.15, 0.2) is 24.3 Å². The van der Waals surface area contributed by atoms with Crippen LogP contribution in [0.3, 0.4) is 0 Å². The lowest BCUT2D eigenvalue weighted by Crippen LogP contribution is -2.45. The number of esters is 1. The zero-order chi connectivity index (χ0) is 59.9. The molecule has 83 heavy (non-hydrogen) atoms. The number of amides is 1. The van der Waals surface area contributed by atoms with Gasteiger partial charge in [-0.3, -0.25) is 9.59 Å². The van der Waals surface area contributed by atoms with E-state index in [2.05, 4.69) is 31.3 Å². The molecule has 0 heterocycles. The van der Waals surface area contributed by atoms with Gasteiger partial charge in [0.15, 0.2) is 0 Å². The van der Waals surface area contributed by atoms with E-state index in [9.17, 15) is 19.8 Å². The minimum Gasteiger partial charge on any atom is -0.466 e. The number of hydrogen-bond donors (Lipinski definition) is 3. The predicted molar refractivity (Wildman–Crippen MR) is 366 cm³/mol. The third-order valence-electron chi connectivity index (χ3n) is 18.0. The van der Waals surface area contributed by atoms with Gasteiger partial charge in [-0.25, -0.2) is 0 Å². The molecular formula is C77H149NO5. The van der Waals surface area contributed by atoms with Crippen LogP contribution in [0.5, 0.6) is 0 Å². The number of allylic oxidation sites excluding steroid dienone is 3. The minimum atomic E-state index is -0.840. The number of unbranched alkanes of at least 4 members (excludes halogenated alkanes) is 59. The normalized spacial score (nSPS) is 12.6. The van der Waals surface area contributed by atoms with Crippen LogP contribution in [0.1, 0.15) is 431 Å². The molecule has 2 atom stereocenters. The molecule has 3 N–H and O–H groups in total. The SMILES string of the molecule is CCCCCCCCCCCC/C=C/C(O)C(CO)NC(=O)CCCCCCCCCCCCCCCCCCC/C=C\CCCCCCCCCCCCCCCCOC(=O)CCCCCCCCCCCCCCCCCCCCC. The van der Waals surface area contributed by atoms with Gasteiger partial charge in [0, 0.05) is 12.8 Å². The molecule has 0 fully saturated rings. The number of nitrogens with one attached hydrogen (secondary N) is 1. The largest absolute Gasteiger partial charge is 0.466 e. The zero-order valence-corrected chi connectivity index (χ0v) is 56.5. The molecule has 0 saturated heterocycles. The van der Waals surface area contributed by atoms with Crippen LogP contribution in [0.4, 0.5) is 0 Å². The fourth-order valence-electron chi connectivity index (χ4n) is 12.2. The molecule has 0 aromatic heterocycles. The molecule has 2 unspecified atom stereocenters. The Kier molecular flexibility index (Phi) is 71.4. The lowest BCUT2D eigenvalue weighted by atomic mass is 10.0. The number of aliphatic hydroxyl groups excluding tert-OH is 2. The van der Waals surface area contributed by atoms with Gasteiger partial charge in [-0.05, 0) is 57.8 Å². The van der Waals surface area contributed by atoms with Gasteiger partial charge in [-0.2, -0.15) is 0 Å². The van der Waals surface area contributed by atoms with Crippen LogP contribution < -0.4 is 5.32 Å². The maximum atomic E-state index is 12.5. The van der Waals surface area contributed by atoms with Gasteiger partial charge in [0.25, 0.3) is 0 Å². The van der Waals surface area contributed by atoms with Crippen molar-refractivity contribution in [2.45, 2.75) is 443 Å². The molecule has 0 aliphatic rings. The second-order valence-electron chi connectivity index (χ2n) is 26.3. The van der Waals surface area contributed by atoms with Crippen LogP contribution in [0, 0.1) is 0 Å². The fourth-order valence-corrected chi connectivity index (χ4v) is 12.2. The summed E-state index contributed by atoms with van der Waals surface area (Å²) in [6.07, 6.45) is 93.0. The average Bonchev–Trinajstić information content (AvgIpc) is 3.48. The first-order chi connectivity index (χ1) is 41.0. The Morgan fingerprint density at radius 3 is 0.855 bits per heavy atom. The third-order valence-corrected chi connectivity index (χ3v) is 18.0. The summed E-state index contributed by atoms with van der Waals surface area (Å²) in [6.45, 7) is 4.94. The van der Waals surface area contributed by atoms with Crippen LogP contribution in [-0.2, 0) is 14.3 Å². The first-order valence-corrected chi connectivity index (χ1v) is 38.1. The highest BCUT2D eigenvalue weighted by Gasteiger charge is 2.18. The zero-order valence-electron chi connectivity index (χ0n) is 56.5. The summed E-state index contributed by atoms with van der Waals surface area (Å²) in [5.74, 6) is -0.0374. The van der Waals surface area contributed by atoms with Gasteiger partial charge in [-0.15, -0.1) is 0 Å². The van der Waals surface area contributed by atoms with E-state index >= 15 is 0 Å². The predicted octanol–water partition coefficient (Wildman–Crippen LogP) is 24.9. The number of rotatable bonds is 72. The van der Waals surface area contributed by atoms with Crippen LogP contribution in [0.2, 0.25) is 0 Å². The standard InChI is InChI=1S/C77H149NO5/c1-3-5-7-9-11-13-15-17-18-19-37-41-44-47-51-55-59-63-67-71-77(82)83-72-68-64-60-56-52-48-45-42-39-36-34-32-30-28-26-24-22-20-21-23-25-27-29-31-33-35-38-40-43-46-50-54-58-62-66-70-76(81)78-74(73-79)75(80)69-65-61-57-53-49-16-14-12-10-8-6-4-2/h22,24,65,69,74-75,79-80H,3-21,23,25-64,66-68,70-73H2,1-2H3,(H,78,81)/b24-22-,69-65+. The second-order valence-corrected chi connectivity index (χ2v) is 26.3. The number of aliphatic hydroxyl groups is 2. The Morgan fingerprint density at radius 1 is 0.325 bits per heavy atom. The Morgan fingerprint density at radius 2 is 0.566 bits per heavy atom. The Labute approximate surface area is 520 Å². The van der Waals surface area contributed by atoms with E-state index in [0.717, 1.165) is 38.5 Å². The fraction of sp³-hybridized carbons (Fsp3) is 0.922. The quantitative estimate of drug-likeness (QED) is 0.0320. The Balaban J connectivity index is 3.31. The van der Waals surface area contributed by atoms with Crippen molar-refractivity contribution < 1.29 is 24.5 Å². The van der Waals surface area contributed by atoms with Crippen molar-refractivity contribution in [3.05, 3.63) is 24.3 Å². The monoisotopic (exact) mass is 1170 g/mol. The molecule has 0 rings (SSSR count). The Hall–Kier alpha value is -1.66. The highest BCUT2D eigenvalue weighted by Crippen LogP contribution is 2.19. The molecular weight excluding hydrogens is 1020 g/mol. The molecule has 6 heteroatoms. The van der Waals surface area contributed by atoms with Crippen molar-refractivity contribution in [3.63, 3.8) is 0 Å². The van der Waals surface area contributed by atoms with Crippen LogP contribution >= 0.6 is 0 Å². The Bertz CT molecular complexity index is 1300. The molecule has 0 aliphatic heterocycles. The van der Waals surface area contributed by atoms with E-state index in [1.165, 1.54) is 366 Å². The van der Waals surface area contributed by atoms with Crippen molar-refractivity contribution in [3.8, 4) is 0 Å². The summed E-state index contributed by atoms with van der Waals surface area (Å²) in [6, 6.07) is -0.624. The summed E-state index contributed by atoms with van der Waals surface area (Å²) in [5.41, 5.74) is 0. The van der Waals surface area contributed by atoms with E-state index in [1.807, 2.05) is 6.08 Å². The first kappa shape index (κ1) is 81.3. The van der Waals surface area contributed by atoms with Gasteiger partial charge in [-0.1, -0.05) is 385 Å². The molecule has 1 amide bonds. The van der Waals surface area contributed by atoms with E-state index in [0.29, 0.717) is 19.4 Å². The molecule has 492 valence electrons. The van der Waals surface area contributed by atoms with Crippen LogP contribution in [-0.4, -0.2) is 47.4 Å². The number of carbonyl (C=O) groups excluding carboxylic acids is 2. The van der Waals surface area contributed by atoms with Crippen molar-refractivity contribution in [2.75, 3.05) is 13.2 Å². The molecule has 0 aromatic carbocycles. The highest BCUT2D eigenvalue weighted by molar-refractivity contribution is 5.76. The molecule has 0 aromatic rings. The summed E-state index contributed by atoms with van der Waals surface area (Å²) in [4.78, 5) is 24.6. The summed E-state index contributed by atoms with van der Waals surface area (Å²) >= 11 is 0. The topological polar surface area (TPSA) is 95.9 Å². The van der Waals surface area contributed by atoms with E-state index in [4.69, 9.17) is 4.74 Å². The van der Waals surface area contributed by atoms with Crippen molar-refractivity contribution >= 4 is 11.9 Å². The number of ether oxygens (including phenoxy) is 1. The maximum absolute atomic E-state index is 12.5. The maximum Gasteiger partial charge on any atom is 0.305 e. The van der Waals surface area contributed by atoms with Crippen molar-refractivity contribution in [2.24, 2.45) is 0 Å². The lowest BCUT2D eigenvalue weighted by molar-refractivity contribution is -0.143. The molecule has 0 aliphatic carbocycles. The van der Waals surface area contributed by atoms with Gasteiger partial charge in [0.05, 0.1) is 25.4 Å². The molecule has 0 saturated carbocycles. The lowest BCUT2D eigenvalue weighted by Gasteiger charge is -2.20. The summed E-state index contributed by atoms with van der Waals surface area (Å²) < 4.78 is 5.52. The van der Waals surface area contributed by atoms with E-state index in [1.54, 1.807) is 6.08 Å². The van der Waals surface area contributed by atoms with Gasteiger partial charge in [0.1, 0.15) is 0 Å². The smallest absolute Gasteiger partial charge is 0.305 e. The molecule has 0 bridgehead atoms. The molecule has 0 spiro atoms. The van der Waals surface area contributed by atoms with E-state index < -0.39 is 12.1 Å². The van der Waals surface area contributed by atoms with Crippen LogP contribution in [0.25, 0.3) is 0 Å². The van der Waals surface area contributed by atoms with Gasteiger partial charge in [0.2, 0.25) is 5.91 Å². The third kappa shape index (κ3) is 69.3. The summed E-state index contributed by atoms with van der Waals surface area (Å²) in [7, 11) is 0. The van der Waals surface area contributed by atoms with Gasteiger partial charge < -0.3 is 20.3 Å². The minimum absolute atomic E-state index is 0.0256. The number of carbonyl (C=O) groups is 2. The highest BCUT2D eigenvalue weighted by atomic mass is 16.5. The number of hydrogen-bond acceptors (Lipinski definition) is 5. The average molecular weight is 1170 g/mol. The molecule has 0 radical (unpaired) electrons. The van der Waals surface area contributed by atoms with E-state index in [-0.39, 0.29) is 18.5 Å². The van der Waals surface area contributed by atoms with Gasteiger partial charge >= 0.3 is 5.97 Å².